The molecule has 15 heavy (non-hydrogen) atoms. The smallest absolute Gasteiger partial charge is 0.0925 e. The molecule has 0 atom stereocenters. The Bertz CT molecular complexity index is 174. The van der Waals surface area contributed by atoms with E-state index < -0.39 is 0 Å². The molecule has 0 spiro atoms. The van der Waals surface area contributed by atoms with E-state index in [9.17, 15) is 0 Å². The van der Waals surface area contributed by atoms with Gasteiger partial charge < -0.3 is 4.74 Å². The molecule has 0 saturated heterocycles. The summed E-state index contributed by atoms with van der Waals surface area (Å²) in [4.78, 5) is 0. The second-order valence-electron chi connectivity index (χ2n) is 5.22. The minimum absolute atomic E-state index is 0.231. The van der Waals surface area contributed by atoms with E-state index >= 15 is 0 Å². The zero-order chi connectivity index (χ0) is 11.7. The molecule has 0 aromatic heterocycles. The van der Waals surface area contributed by atoms with E-state index in [1.165, 1.54) is 31.4 Å². The molecule has 0 amide bonds. The monoisotopic (exact) mass is 212 g/mol. The van der Waals surface area contributed by atoms with Gasteiger partial charge in [0.05, 0.1) is 12.4 Å². The molecular formula is C14H28O. The van der Waals surface area contributed by atoms with Crippen LogP contribution in [-0.2, 0) is 4.74 Å². The summed E-state index contributed by atoms with van der Waals surface area (Å²) in [5, 5.41) is 0. The van der Waals surface area contributed by atoms with Gasteiger partial charge >= 0.3 is 0 Å². The topological polar surface area (TPSA) is 9.23 Å². The van der Waals surface area contributed by atoms with Crippen molar-refractivity contribution in [1.82, 2.24) is 0 Å². The molecule has 1 nitrogen and oxygen atoms in total. The van der Waals surface area contributed by atoms with Crippen molar-refractivity contribution in [2.45, 2.75) is 66.7 Å². The van der Waals surface area contributed by atoms with Crippen molar-refractivity contribution in [1.29, 1.82) is 0 Å². The summed E-state index contributed by atoms with van der Waals surface area (Å²) in [6.45, 7) is 11.8. The largest absolute Gasteiger partial charge is 0.499 e. The Morgan fingerprint density at radius 2 is 1.73 bits per heavy atom. The molecule has 90 valence electrons. The Hall–Kier alpha value is -0.460. The van der Waals surface area contributed by atoms with Crippen molar-refractivity contribution in [2.75, 3.05) is 6.61 Å². The van der Waals surface area contributed by atoms with E-state index in [1.807, 2.05) is 0 Å². The van der Waals surface area contributed by atoms with Crippen LogP contribution in [-0.4, -0.2) is 6.61 Å². The minimum atomic E-state index is 0.231. The van der Waals surface area contributed by atoms with Gasteiger partial charge in [0.15, 0.2) is 0 Å². The summed E-state index contributed by atoms with van der Waals surface area (Å²) < 4.78 is 5.66. The van der Waals surface area contributed by atoms with Crippen molar-refractivity contribution in [3.05, 3.63) is 11.8 Å². The number of rotatable bonds is 7. The number of hydrogen-bond donors (Lipinski definition) is 0. The van der Waals surface area contributed by atoms with E-state index in [2.05, 4.69) is 40.7 Å². The lowest BCUT2D eigenvalue weighted by atomic mass is 9.95. The molecule has 0 aliphatic heterocycles. The van der Waals surface area contributed by atoms with Crippen molar-refractivity contribution in [3.63, 3.8) is 0 Å². The maximum Gasteiger partial charge on any atom is 0.0925 e. The Kier molecular flexibility index (Phi) is 7.54. The van der Waals surface area contributed by atoms with Crippen molar-refractivity contribution >= 4 is 0 Å². The van der Waals surface area contributed by atoms with Gasteiger partial charge in [-0.15, -0.1) is 0 Å². The Labute approximate surface area is 95.9 Å². The highest BCUT2D eigenvalue weighted by Gasteiger charge is 2.09. The van der Waals surface area contributed by atoms with E-state index in [4.69, 9.17) is 4.74 Å². The van der Waals surface area contributed by atoms with Gasteiger partial charge in [0.25, 0.3) is 0 Å². The van der Waals surface area contributed by atoms with E-state index in [0.29, 0.717) is 0 Å². The normalized spacial score (nSPS) is 13.0. The average molecular weight is 212 g/mol. The first kappa shape index (κ1) is 14.5. The third kappa shape index (κ3) is 9.84. The van der Waals surface area contributed by atoms with Gasteiger partial charge in [0.2, 0.25) is 0 Å². The van der Waals surface area contributed by atoms with Crippen LogP contribution in [0.1, 0.15) is 66.7 Å². The predicted octanol–water partition coefficient (Wildman–Crippen LogP) is 4.92. The molecule has 0 aromatic carbocycles. The van der Waals surface area contributed by atoms with Crippen molar-refractivity contribution in [2.24, 2.45) is 5.41 Å². The molecule has 0 aliphatic rings. The standard InChI is InChI=1S/C14H28O/c1-6-8-9-10-11-13(15-7-2)12-14(3,4)5/h12H,6-11H2,1-5H3/b13-12-. The molecule has 0 rings (SSSR count). The highest BCUT2D eigenvalue weighted by Crippen LogP contribution is 2.21. The molecule has 0 fully saturated rings. The average Bonchev–Trinajstić information content (AvgIpc) is 2.10. The van der Waals surface area contributed by atoms with Gasteiger partial charge in [-0.25, -0.2) is 0 Å². The van der Waals surface area contributed by atoms with Crippen LogP contribution in [0.15, 0.2) is 11.8 Å². The number of ether oxygens (including phenoxy) is 1. The third-order valence-corrected chi connectivity index (χ3v) is 2.20. The first-order valence-electron chi connectivity index (χ1n) is 6.34. The van der Waals surface area contributed by atoms with E-state index in [-0.39, 0.29) is 5.41 Å². The summed E-state index contributed by atoms with van der Waals surface area (Å²) in [5.74, 6) is 1.18. The fraction of sp³-hybridized carbons (Fsp3) is 0.857. The van der Waals surface area contributed by atoms with Crippen molar-refractivity contribution < 1.29 is 4.74 Å². The van der Waals surface area contributed by atoms with Gasteiger partial charge in [-0.1, -0.05) is 47.0 Å². The van der Waals surface area contributed by atoms with Crippen LogP contribution in [0, 0.1) is 5.41 Å². The molecule has 0 unspecified atom stereocenters. The molecule has 0 radical (unpaired) electrons. The third-order valence-electron chi connectivity index (χ3n) is 2.20. The molecule has 0 aromatic rings. The summed E-state index contributed by atoms with van der Waals surface area (Å²) in [7, 11) is 0. The summed E-state index contributed by atoms with van der Waals surface area (Å²) in [5.41, 5.74) is 0.231. The lowest BCUT2D eigenvalue weighted by Crippen LogP contribution is -2.04. The van der Waals surface area contributed by atoms with Crippen molar-refractivity contribution in [3.8, 4) is 0 Å². The number of hydrogen-bond acceptors (Lipinski definition) is 1. The molecule has 0 aliphatic carbocycles. The molecule has 0 saturated carbocycles. The summed E-state index contributed by atoms with van der Waals surface area (Å²) in [6.07, 6.45) is 8.59. The molecular weight excluding hydrogens is 184 g/mol. The molecule has 1 heteroatoms. The highest BCUT2D eigenvalue weighted by atomic mass is 16.5. The highest BCUT2D eigenvalue weighted by molar-refractivity contribution is 5.00. The zero-order valence-corrected chi connectivity index (χ0v) is 11.2. The summed E-state index contributed by atoms with van der Waals surface area (Å²) >= 11 is 0. The van der Waals surface area contributed by atoms with Crippen LogP contribution in [0.25, 0.3) is 0 Å². The molecule has 0 heterocycles. The van der Waals surface area contributed by atoms with Crippen LogP contribution >= 0.6 is 0 Å². The van der Waals surface area contributed by atoms with Crippen LogP contribution in [0.3, 0.4) is 0 Å². The number of unbranched alkanes of at least 4 members (excludes halogenated alkanes) is 3. The maximum absolute atomic E-state index is 5.66. The first-order valence-corrected chi connectivity index (χ1v) is 6.34. The Morgan fingerprint density at radius 1 is 1.07 bits per heavy atom. The summed E-state index contributed by atoms with van der Waals surface area (Å²) in [6, 6.07) is 0. The lowest BCUT2D eigenvalue weighted by molar-refractivity contribution is 0.210. The second kappa shape index (κ2) is 7.78. The van der Waals surface area contributed by atoms with Gasteiger partial charge in [0, 0.05) is 6.42 Å². The maximum atomic E-state index is 5.66. The van der Waals surface area contributed by atoms with Gasteiger partial charge in [0.1, 0.15) is 0 Å². The molecule has 0 N–H and O–H groups in total. The SMILES string of the molecule is CCCCCC/C(=C/C(C)(C)C)OCC. The quantitative estimate of drug-likeness (QED) is 0.430. The van der Waals surface area contributed by atoms with Gasteiger partial charge in [-0.05, 0) is 24.8 Å². The minimum Gasteiger partial charge on any atom is -0.499 e. The zero-order valence-electron chi connectivity index (χ0n) is 11.2. The van der Waals surface area contributed by atoms with Crippen LogP contribution in [0.4, 0.5) is 0 Å². The van der Waals surface area contributed by atoms with Crippen LogP contribution in [0.5, 0.6) is 0 Å². The molecule has 0 bridgehead atoms. The van der Waals surface area contributed by atoms with E-state index in [0.717, 1.165) is 13.0 Å². The van der Waals surface area contributed by atoms with Gasteiger partial charge in [-0.3, -0.25) is 0 Å². The van der Waals surface area contributed by atoms with Crippen LogP contribution < -0.4 is 0 Å². The van der Waals surface area contributed by atoms with E-state index in [1.54, 1.807) is 0 Å². The number of allylic oxidation sites excluding steroid dienone is 2. The fourth-order valence-electron chi connectivity index (χ4n) is 1.58. The Morgan fingerprint density at radius 3 is 2.20 bits per heavy atom. The van der Waals surface area contributed by atoms with Gasteiger partial charge in [-0.2, -0.15) is 0 Å². The fourth-order valence-corrected chi connectivity index (χ4v) is 1.58. The second-order valence-corrected chi connectivity index (χ2v) is 5.22. The first-order chi connectivity index (χ1) is 6.99. The lowest BCUT2D eigenvalue weighted by Gasteiger charge is -2.16. The van der Waals surface area contributed by atoms with Crippen LogP contribution in [0.2, 0.25) is 0 Å². The predicted molar refractivity (Wildman–Crippen MR) is 67.9 cm³/mol. The Balaban J connectivity index is 3.99.